The van der Waals surface area contributed by atoms with Crippen molar-refractivity contribution in [3.8, 4) is 0 Å². The molecule has 0 aliphatic heterocycles. The summed E-state index contributed by atoms with van der Waals surface area (Å²) in [6.45, 7) is 6.13. The Balaban J connectivity index is 0.000000673. The van der Waals surface area contributed by atoms with E-state index < -0.39 is 0 Å². The Morgan fingerprint density at radius 2 is 2.40 bits per heavy atom. The molecular weight excluding hydrogens is 338 g/mol. The lowest BCUT2D eigenvalue weighted by atomic mass is 10.0. The van der Waals surface area contributed by atoms with Gasteiger partial charge in [-0.25, -0.2) is 0 Å². The molecule has 1 aromatic rings. The van der Waals surface area contributed by atoms with E-state index in [4.69, 9.17) is 1.43 Å². The van der Waals surface area contributed by atoms with Crippen molar-refractivity contribution < 1.29 is 5.11 Å². The molecule has 0 amide bonds. The van der Waals surface area contributed by atoms with E-state index in [2.05, 4.69) is 58.5 Å². The minimum absolute atomic E-state index is 0.352. The molecule has 0 aromatic heterocycles. The fourth-order valence-electron chi connectivity index (χ4n) is 1.19. The van der Waals surface area contributed by atoms with Crippen molar-refractivity contribution in [1.29, 1.82) is 1.43 Å². The normalized spacial score (nSPS) is 10.1. The van der Waals surface area contributed by atoms with Gasteiger partial charge < -0.3 is 5.11 Å². The molecule has 0 atom stereocenters. The maximum atomic E-state index is 6.65. The third-order valence-corrected chi connectivity index (χ3v) is 1.94. The first-order chi connectivity index (χ1) is 7.69. The van der Waals surface area contributed by atoms with E-state index in [0.29, 0.717) is 6.61 Å². The molecule has 1 aromatic carbocycles. The zero-order chi connectivity index (χ0) is 12.4. The highest BCUT2D eigenvalue weighted by atomic mass is 127. The standard InChI is InChI=1S/C11H14O.IPS/c1-3-4-11-7-10(8-12)6-5-9(11)2;1-2-3/h3,5-7,12H,1,4,8H2,2H3;/i12T;. The lowest BCUT2D eigenvalue weighted by molar-refractivity contribution is 0.281. The van der Waals surface area contributed by atoms with Gasteiger partial charge in [-0.15, -0.1) is 6.58 Å². The van der Waals surface area contributed by atoms with Crippen LogP contribution >= 0.6 is 27.0 Å². The van der Waals surface area contributed by atoms with Crippen LogP contribution < -0.4 is 0 Å². The molecule has 0 spiro atoms. The SMILES string of the molecule is S=PI.[3H]OCc1ccc(C)c(CC=C)c1. The van der Waals surface area contributed by atoms with Gasteiger partial charge in [-0.2, -0.15) is 0 Å². The molecule has 1 nitrogen and oxygen atoms in total. The van der Waals surface area contributed by atoms with Gasteiger partial charge in [-0.05, 0) is 63.9 Å². The van der Waals surface area contributed by atoms with Crippen molar-refractivity contribution in [3.05, 3.63) is 47.5 Å². The first-order valence-electron chi connectivity index (χ1n) is 4.81. The molecule has 4 heteroatoms. The van der Waals surface area contributed by atoms with E-state index in [1.807, 2.05) is 18.2 Å². The third-order valence-electron chi connectivity index (χ3n) is 1.94. The summed E-state index contributed by atoms with van der Waals surface area (Å²) < 4.78 is 6.65. The monoisotopic (exact) mass is 354 g/mol. The Kier molecular flexibility index (Phi) is 8.29. The molecule has 1 rings (SSSR count). The Morgan fingerprint density at radius 1 is 1.73 bits per heavy atom. The van der Waals surface area contributed by atoms with Crippen LogP contribution in [-0.4, -0.2) is 6.54 Å². The second-order valence-corrected chi connectivity index (χ2v) is 7.06. The predicted molar refractivity (Wildman–Crippen MR) is 79.3 cm³/mol. The van der Waals surface area contributed by atoms with E-state index in [1.165, 1.54) is 11.1 Å². The molecule has 0 heterocycles. The van der Waals surface area contributed by atoms with Crippen LogP contribution in [0, 0.1) is 6.92 Å². The largest absolute Gasteiger partial charge is 0.392 e. The first-order valence-corrected chi connectivity index (χ1v) is 9.10. The van der Waals surface area contributed by atoms with Gasteiger partial charge in [0.15, 0.2) is 0 Å². The van der Waals surface area contributed by atoms with E-state index in [-0.39, 0.29) is 0 Å². The van der Waals surface area contributed by atoms with E-state index in [9.17, 15) is 0 Å². The average Bonchev–Trinajstić information content (AvgIpc) is 2.25. The zero-order valence-corrected chi connectivity index (χ0v) is 12.4. The number of benzene rings is 1. The fourth-order valence-corrected chi connectivity index (χ4v) is 1.19. The molecule has 0 saturated heterocycles. The van der Waals surface area contributed by atoms with Crippen molar-refractivity contribution in [2.75, 3.05) is 0 Å². The van der Waals surface area contributed by atoms with Crippen LogP contribution in [0.5, 0.6) is 0 Å². The minimum atomic E-state index is 0.352. The highest BCUT2D eigenvalue weighted by molar-refractivity contribution is 14.2. The molecule has 1 N–H and O–H groups in total. The number of halogens is 1. The minimum Gasteiger partial charge on any atom is -0.392 e. The van der Waals surface area contributed by atoms with E-state index in [1.54, 1.807) is 0 Å². The molecular formula is C11H14IOPS. The van der Waals surface area contributed by atoms with Crippen LogP contribution in [-0.2, 0) is 24.8 Å². The van der Waals surface area contributed by atoms with Gasteiger partial charge in [0.2, 0.25) is 1.43 Å². The Morgan fingerprint density at radius 3 is 2.93 bits per heavy atom. The van der Waals surface area contributed by atoms with Gasteiger partial charge in [-0.1, -0.05) is 24.3 Å². The van der Waals surface area contributed by atoms with Crippen molar-refractivity contribution in [1.82, 2.24) is 0 Å². The lowest BCUT2D eigenvalue weighted by Gasteiger charge is -2.04. The number of hydrogen-bond acceptors (Lipinski definition) is 2. The molecule has 82 valence electrons. The summed E-state index contributed by atoms with van der Waals surface area (Å²) >= 11 is 6.43. The molecule has 0 aliphatic rings. The van der Waals surface area contributed by atoms with Gasteiger partial charge in [0.05, 0.1) is 6.61 Å². The van der Waals surface area contributed by atoms with Crippen LogP contribution in [0.25, 0.3) is 0 Å². The van der Waals surface area contributed by atoms with Crippen LogP contribution in [0.2, 0.25) is 0 Å². The lowest BCUT2D eigenvalue weighted by Crippen LogP contribution is -1.90. The van der Waals surface area contributed by atoms with Crippen LogP contribution in [0.3, 0.4) is 0 Å². The maximum absolute atomic E-state index is 6.65. The number of rotatable bonds is 4. The van der Waals surface area contributed by atoms with Gasteiger partial charge in [0.1, 0.15) is 0 Å². The fraction of sp³-hybridized carbons (Fsp3) is 0.273. The van der Waals surface area contributed by atoms with Gasteiger partial charge in [0, 0.05) is 5.00 Å². The van der Waals surface area contributed by atoms with E-state index in [0.717, 1.165) is 17.0 Å². The number of hydrogen-bond donors (Lipinski definition) is 1. The van der Waals surface area contributed by atoms with Crippen molar-refractivity contribution in [2.24, 2.45) is 0 Å². The number of allylic oxidation sites excluding steroid dienone is 1. The molecule has 0 unspecified atom stereocenters. The quantitative estimate of drug-likeness (QED) is 0.502. The highest BCUT2D eigenvalue weighted by Crippen LogP contribution is 2.12. The number of aliphatic hydroxyl groups excluding tert-OH is 1. The molecule has 0 bridgehead atoms. The first kappa shape index (κ1) is 13.2. The number of aryl methyl sites for hydroxylation is 1. The summed E-state index contributed by atoms with van der Waals surface area (Å²) in [4.78, 5) is 0.970. The van der Waals surface area contributed by atoms with Crippen LogP contribution in [0.4, 0.5) is 0 Å². The highest BCUT2D eigenvalue weighted by Gasteiger charge is 1.97. The maximum Gasteiger partial charge on any atom is 0.211 e. The summed E-state index contributed by atoms with van der Waals surface area (Å²) in [6, 6.07) is 6.09. The van der Waals surface area contributed by atoms with Crippen LogP contribution in [0.15, 0.2) is 30.9 Å². The summed E-state index contributed by atoms with van der Waals surface area (Å²) in [5.41, 5.74) is 3.55. The van der Waals surface area contributed by atoms with Crippen LogP contribution in [0.1, 0.15) is 16.7 Å². The summed E-state index contributed by atoms with van der Waals surface area (Å²) in [5.74, 6) is 0. The molecule has 0 aliphatic carbocycles. The summed E-state index contributed by atoms with van der Waals surface area (Å²) in [7, 11) is 0. The predicted octanol–water partition coefficient (Wildman–Crippen LogP) is 3.96. The second-order valence-electron chi connectivity index (χ2n) is 2.97. The molecule has 0 radical (unpaired) electrons. The Labute approximate surface area is 112 Å². The third kappa shape index (κ3) is 6.36. The zero-order valence-electron chi connectivity index (χ0n) is 9.57. The average molecular weight is 354 g/mol. The molecule has 0 saturated carbocycles. The van der Waals surface area contributed by atoms with Gasteiger partial charge in [-0.3, -0.25) is 0 Å². The smallest absolute Gasteiger partial charge is 0.211 e. The van der Waals surface area contributed by atoms with Crippen molar-refractivity contribution in [3.63, 3.8) is 0 Å². The van der Waals surface area contributed by atoms with E-state index >= 15 is 0 Å². The molecule has 15 heavy (non-hydrogen) atoms. The van der Waals surface area contributed by atoms with Gasteiger partial charge in [0.25, 0.3) is 0 Å². The Bertz CT molecular complexity index is 347. The topological polar surface area (TPSA) is 20.2 Å². The number of aliphatic hydroxyl groups is 1. The van der Waals surface area contributed by atoms with Crippen molar-refractivity contribution >= 4 is 38.8 Å². The summed E-state index contributed by atoms with van der Waals surface area (Å²) in [5, 5.41) is 4.33. The molecule has 0 fully saturated rings. The van der Waals surface area contributed by atoms with Crippen molar-refractivity contribution in [2.45, 2.75) is 20.0 Å². The Hall–Kier alpha value is 0.170. The second kappa shape index (κ2) is 9.40. The van der Waals surface area contributed by atoms with Gasteiger partial charge >= 0.3 is 0 Å². The summed E-state index contributed by atoms with van der Waals surface area (Å²) in [6.07, 6.45) is 2.76.